The maximum absolute atomic E-state index is 13.2. The average Bonchev–Trinajstić information content (AvgIpc) is 2.49. The zero-order valence-corrected chi connectivity index (χ0v) is 13.4. The van der Waals surface area contributed by atoms with E-state index < -0.39 is 6.10 Å². The lowest BCUT2D eigenvalue weighted by molar-refractivity contribution is 0.177. The lowest BCUT2D eigenvalue weighted by Gasteiger charge is -2.13. The largest absolute Gasteiger partial charge is 0.494 e. The third-order valence-corrected chi connectivity index (χ3v) is 3.74. The highest BCUT2D eigenvalue weighted by atomic mass is 79.9. The zero-order valence-electron chi connectivity index (χ0n) is 11.9. The Balaban J connectivity index is 2.08. The minimum Gasteiger partial charge on any atom is -0.494 e. The Morgan fingerprint density at radius 3 is 2.76 bits per heavy atom. The Kier molecular flexibility index (Phi) is 5.76. The van der Waals surface area contributed by atoms with E-state index in [0.29, 0.717) is 17.5 Å². The van der Waals surface area contributed by atoms with E-state index in [2.05, 4.69) is 15.9 Å². The van der Waals surface area contributed by atoms with Crippen LogP contribution in [0.3, 0.4) is 0 Å². The second-order valence-corrected chi connectivity index (χ2v) is 5.74. The van der Waals surface area contributed by atoms with Crippen LogP contribution < -0.4 is 4.74 Å². The molecular weight excluding hydrogens is 335 g/mol. The fourth-order valence-electron chi connectivity index (χ4n) is 2.04. The zero-order chi connectivity index (χ0) is 15.2. The van der Waals surface area contributed by atoms with Crippen molar-refractivity contribution in [2.75, 3.05) is 6.61 Å². The number of ether oxygens (including phenoxy) is 1. The number of aliphatic hydroxyl groups is 1. The second-order valence-electron chi connectivity index (χ2n) is 4.89. The van der Waals surface area contributed by atoms with Gasteiger partial charge >= 0.3 is 0 Å². The molecule has 0 saturated heterocycles. The number of hydrogen-bond acceptors (Lipinski definition) is 2. The number of rotatable bonds is 6. The molecule has 0 aliphatic heterocycles. The number of halogens is 2. The first-order valence-corrected chi connectivity index (χ1v) is 7.74. The molecule has 112 valence electrons. The smallest absolute Gasteiger partial charge is 0.137 e. The Bertz CT molecular complexity index is 601. The molecule has 0 spiro atoms. The molecule has 0 amide bonds. The lowest BCUT2D eigenvalue weighted by Crippen LogP contribution is -2.03. The molecule has 4 heteroatoms. The van der Waals surface area contributed by atoms with E-state index in [9.17, 15) is 9.50 Å². The van der Waals surface area contributed by atoms with E-state index in [1.54, 1.807) is 12.1 Å². The van der Waals surface area contributed by atoms with E-state index in [4.69, 9.17) is 4.74 Å². The minimum atomic E-state index is -0.646. The normalized spacial score (nSPS) is 12.2. The van der Waals surface area contributed by atoms with E-state index in [0.717, 1.165) is 23.3 Å². The summed E-state index contributed by atoms with van der Waals surface area (Å²) in [5.41, 5.74) is 1.67. The van der Waals surface area contributed by atoms with Gasteiger partial charge in [-0.1, -0.05) is 25.1 Å². The predicted molar refractivity (Wildman–Crippen MR) is 85.0 cm³/mol. The number of aliphatic hydroxyl groups excluding tert-OH is 1. The van der Waals surface area contributed by atoms with Crippen LogP contribution in [0.25, 0.3) is 0 Å². The van der Waals surface area contributed by atoms with Crippen LogP contribution in [0.5, 0.6) is 5.75 Å². The van der Waals surface area contributed by atoms with Crippen LogP contribution >= 0.6 is 15.9 Å². The number of benzene rings is 2. The molecule has 1 unspecified atom stereocenters. The molecule has 0 bridgehead atoms. The molecule has 0 aliphatic rings. The quantitative estimate of drug-likeness (QED) is 0.819. The summed E-state index contributed by atoms with van der Waals surface area (Å²) in [4.78, 5) is 0. The highest BCUT2D eigenvalue weighted by Crippen LogP contribution is 2.24. The summed E-state index contributed by atoms with van der Waals surface area (Å²) in [6.07, 6.45) is 0.722. The van der Waals surface area contributed by atoms with Gasteiger partial charge in [-0.3, -0.25) is 0 Å². The van der Waals surface area contributed by atoms with Gasteiger partial charge in [0.05, 0.1) is 17.2 Å². The molecule has 0 aliphatic carbocycles. The van der Waals surface area contributed by atoms with Crippen LogP contribution in [0.15, 0.2) is 46.9 Å². The summed E-state index contributed by atoms with van der Waals surface area (Å²) in [5, 5.41) is 10.3. The van der Waals surface area contributed by atoms with Crippen LogP contribution in [-0.2, 0) is 6.42 Å². The van der Waals surface area contributed by atoms with E-state index in [-0.39, 0.29) is 5.82 Å². The van der Waals surface area contributed by atoms with Gasteiger partial charge in [0, 0.05) is 6.42 Å². The van der Waals surface area contributed by atoms with Gasteiger partial charge in [-0.2, -0.15) is 0 Å². The molecule has 0 heterocycles. The van der Waals surface area contributed by atoms with Gasteiger partial charge < -0.3 is 9.84 Å². The van der Waals surface area contributed by atoms with Crippen LogP contribution in [0.2, 0.25) is 0 Å². The Labute approximate surface area is 132 Å². The van der Waals surface area contributed by atoms with Gasteiger partial charge in [0.2, 0.25) is 0 Å². The van der Waals surface area contributed by atoms with Gasteiger partial charge in [-0.25, -0.2) is 4.39 Å². The van der Waals surface area contributed by atoms with Gasteiger partial charge in [-0.15, -0.1) is 0 Å². The predicted octanol–water partition coefficient (Wildman–Crippen LogP) is 4.65. The summed E-state index contributed by atoms with van der Waals surface area (Å²) < 4.78 is 19.2. The van der Waals surface area contributed by atoms with Gasteiger partial charge in [0.25, 0.3) is 0 Å². The number of hydrogen-bond donors (Lipinski definition) is 1. The molecule has 0 aromatic heterocycles. The van der Waals surface area contributed by atoms with Crippen molar-refractivity contribution in [2.24, 2.45) is 0 Å². The molecule has 2 rings (SSSR count). The summed E-state index contributed by atoms with van der Waals surface area (Å²) in [6.45, 7) is 2.70. The van der Waals surface area contributed by atoms with Gasteiger partial charge in [0.15, 0.2) is 0 Å². The molecule has 2 nitrogen and oxygen atoms in total. The molecule has 2 aromatic rings. The monoisotopic (exact) mass is 352 g/mol. The fraction of sp³-hybridized carbons (Fsp3) is 0.294. The van der Waals surface area contributed by atoms with Gasteiger partial charge in [0.1, 0.15) is 11.6 Å². The highest BCUT2D eigenvalue weighted by Gasteiger charge is 2.11. The summed E-state index contributed by atoms with van der Waals surface area (Å²) >= 11 is 3.16. The van der Waals surface area contributed by atoms with Crippen LogP contribution in [0.4, 0.5) is 4.39 Å². The van der Waals surface area contributed by atoms with Crippen molar-refractivity contribution >= 4 is 15.9 Å². The topological polar surface area (TPSA) is 29.5 Å². The first kappa shape index (κ1) is 16.0. The van der Waals surface area contributed by atoms with Crippen molar-refractivity contribution in [2.45, 2.75) is 25.9 Å². The van der Waals surface area contributed by atoms with E-state index in [1.807, 2.05) is 31.2 Å². The Morgan fingerprint density at radius 1 is 1.24 bits per heavy atom. The van der Waals surface area contributed by atoms with Gasteiger partial charge in [-0.05, 0) is 57.7 Å². The van der Waals surface area contributed by atoms with E-state index in [1.165, 1.54) is 6.07 Å². The van der Waals surface area contributed by atoms with Crippen molar-refractivity contribution in [1.29, 1.82) is 0 Å². The average molecular weight is 353 g/mol. The molecule has 2 aromatic carbocycles. The standard InChI is InChI=1S/C17H18BrFO2/c1-2-8-21-14-5-3-4-13(11-14)17(20)10-12-6-7-16(19)15(18)9-12/h3-7,9,11,17,20H,2,8,10H2,1H3. The summed E-state index contributed by atoms with van der Waals surface area (Å²) in [7, 11) is 0. The van der Waals surface area contributed by atoms with Crippen molar-refractivity contribution in [1.82, 2.24) is 0 Å². The third kappa shape index (κ3) is 4.55. The first-order valence-electron chi connectivity index (χ1n) is 6.95. The fourth-order valence-corrected chi connectivity index (χ4v) is 2.47. The highest BCUT2D eigenvalue weighted by molar-refractivity contribution is 9.10. The maximum atomic E-state index is 13.2. The molecular formula is C17H18BrFO2. The SMILES string of the molecule is CCCOc1cccc(C(O)Cc2ccc(F)c(Br)c2)c1. The second kappa shape index (κ2) is 7.57. The first-order chi connectivity index (χ1) is 10.1. The van der Waals surface area contributed by atoms with Crippen molar-refractivity contribution in [3.8, 4) is 5.75 Å². The van der Waals surface area contributed by atoms with Crippen LogP contribution in [0, 0.1) is 5.82 Å². The molecule has 0 saturated carbocycles. The molecule has 0 radical (unpaired) electrons. The Hall–Kier alpha value is -1.39. The van der Waals surface area contributed by atoms with Crippen LogP contribution in [-0.4, -0.2) is 11.7 Å². The summed E-state index contributed by atoms with van der Waals surface area (Å²) in [5.74, 6) is 0.455. The summed E-state index contributed by atoms with van der Waals surface area (Å²) in [6, 6.07) is 12.2. The molecule has 1 N–H and O–H groups in total. The van der Waals surface area contributed by atoms with Crippen LogP contribution in [0.1, 0.15) is 30.6 Å². The molecule has 21 heavy (non-hydrogen) atoms. The lowest BCUT2D eigenvalue weighted by atomic mass is 10.0. The van der Waals surface area contributed by atoms with E-state index >= 15 is 0 Å². The van der Waals surface area contributed by atoms with Crippen molar-refractivity contribution in [3.63, 3.8) is 0 Å². The molecule has 0 fully saturated rings. The third-order valence-electron chi connectivity index (χ3n) is 3.13. The Morgan fingerprint density at radius 2 is 2.05 bits per heavy atom. The maximum Gasteiger partial charge on any atom is 0.137 e. The van der Waals surface area contributed by atoms with Crippen molar-refractivity contribution in [3.05, 3.63) is 63.9 Å². The van der Waals surface area contributed by atoms with Crippen molar-refractivity contribution < 1.29 is 14.2 Å². The minimum absolute atomic E-state index is 0.303. The molecule has 1 atom stereocenters.